The summed E-state index contributed by atoms with van der Waals surface area (Å²) < 4.78 is 11.0. The van der Waals surface area contributed by atoms with Gasteiger partial charge in [-0.2, -0.15) is 0 Å². The average Bonchev–Trinajstić information content (AvgIpc) is 2.67. The summed E-state index contributed by atoms with van der Waals surface area (Å²) in [5.74, 6) is -1.44. The van der Waals surface area contributed by atoms with Gasteiger partial charge in [-0.25, -0.2) is 4.79 Å². The average molecular weight is 453 g/mol. The van der Waals surface area contributed by atoms with E-state index in [0.29, 0.717) is 52.9 Å². The van der Waals surface area contributed by atoms with Crippen LogP contribution >= 0.6 is 23.2 Å². The van der Waals surface area contributed by atoms with Crippen molar-refractivity contribution >= 4 is 40.7 Å². The molecule has 0 saturated heterocycles. The Morgan fingerprint density at radius 2 is 2.03 bits per heavy atom. The maximum Gasteiger partial charge on any atom is 0.336 e. The maximum atomic E-state index is 13.1. The van der Waals surface area contributed by atoms with E-state index in [1.165, 1.54) is 0 Å². The summed E-state index contributed by atoms with van der Waals surface area (Å²) in [6, 6.07) is 5.09. The lowest BCUT2D eigenvalue weighted by Crippen LogP contribution is -2.41. The van der Waals surface area contributed by atoms with Crippen molar-refractivity contribution < 1.29 is 19.1 Å². The second-order valence-corrected chi connectivity index (χ2v) is 8.47. The van der Waals surface area contributed by atoms with E-state index in [4.69, 9.17) is 43.4 Å². The highest BCUT2D eigenvalue weighted by atomic mass is 35.5. The van der Waals surface area contributed by atoms with E-state index in [1.54, 1.807) is 25.1 Å². The van der Waals surface area contributed by atoms with Gasteiger partial charge in [0.2, 0.25) is 0 Å². The number of carbonyl (C=O) groups is 2. The van der Waals surface area contributed by atoms with Gasteiger partial charge >= 0.3 is 5.97 Å². The monoisotopic (exact) mass is 452 g/mol. The lowest BCUT2D eigenvalue weighted by atomic mass is 9.67. The van der Waals surface area contributed by atoms with E-state index in [-0.39, 0.29) is 24.9 Å². The van der Waals surface area contributed by atoms with Gasteiger partial charge in [0, 0.05) is 34.6 Å². The topological polar surface area (TPSA) is 91.0 Å². The molecule has 0 radical (unpaired) electrons. The number of rotatable bonds is 7. The molecule has 1 aliphatic carbocycles. The van der Waals surface area contributed by atoms with Gasteiger partial charge in [0.1, 0.15) is 5.78 Å². The number of benzene rings is 1. The van der Waals surface area contributed by atoms with Gasteiger partial charge in [-0.1, -0.05) is 36.2 Å². The highest BCUT2D eigenvalue weighted by Gasteiger charge is 2.46. The van der Waals surface area contributed by atoms with Gasteiger partial charge in [-0.3, -0.25) is 9.79 Å². The molecular formula is C22H26Cl2N2O4. The Bertz CT molecular complexity index is 897. The highest BCUT2D eigenvalue weighted by Crippen LogP contribution is 2.46. The molecule has 3 rings (SSSR count). The number of Topliss-reactive ketones (excluding diaryl/α,β-unsaturated/α-hetero) is 1. The van der Waals surface area contributed by atoms with Gasteiger partial charge in [-0.05, 0) is 37.0 Å². The minimum atomic E-state index is -0.599. The van der Waals surface area contributed by atoms with Crippen LogP contribution in [0.4, 0.5) is 0 Å². The first-order chi connectivity index (χ1) is 14.4. The van der Waals surface area contributed by atoms with Crippen molar-refractivity contribution in [3.63, 3.8) is 0 Å². The van der Waals surface area contributed by atoms with Crippen LogP contribution in [-0.2, 0) is 19.1 Å². The van der Waals surface area contributed by atoms with Gasteiger partial charge < -0.3 is 15.2 Å². The van der Waals surface area contributed by atoms with Crippen LogP contribution in [-0.4, -0.2) is 43.8 Å². The number of halogens is 2. The predicted octanol–water partition coefficient (Wildman–Crippen LogP) is 3.94. The van der Waals surface area contributed by atoms with Gasteiger partial charge in [0.25, 0.3) is 0 Å². The quantitative estimate of drug-likeness (QED) is 0.499. The van der Waals surface area contributed by atoms with Crippen LogP contribution in [0.5, 0.6) is 0 Å². The van der Waals surface area contributed by atoms with Gasteiger partial charge in [0.05, 0.1) is 37.0 Å². The summed E-state index contributed by atoms with van der Waals surface area (Å²) >= 11 is 12.6. The van der Waals surface area contributed by atoms with Crippen LogP contribution in [0.15, 0.2) is 34.5 Å². The lowest BCUT2D eigenvalue weighted by Gasteiger charge is -2.38. The standard InChI is InChI=1S/C22H26Cl2N2O4/c1-3-30-22(28)21-17(11-29-7-6-25)26-16-8-12(2)9-18(27)20(16)19(21)14-5-4-13(23)10-15(14)24/h4-5,10,12,19-20H,3,6-9,11,25H2,1-2H3. The normalized spacial score (nSPS) is 23.8. The molecule has 0 amide bonds. The molecule has 30 heavy (non-hydrogen) atoms. The maximum absolute atomic E-state index is 13.1. The summed E-state index contributed by atoms with van der Waals surface area (Å²) in [6.07, 6.45) is 1.11. The van der Waals surface area contributed by atoms with E-state index in [1.807, 2.05) is 6.92 Å². The summed E-state index contributed by atoms with van der Waals surface area (Å²) in [6.45, 7) is 4.74. The zero-order valence-electron chi connectivity index (χ0n) is 17.1. The molecule has 162 valence electrons. The van der Waals surface area contributed by atoms with E-state index >= 15 is 0 Å². The molecule has 6 nitrogen and oxygen atoms in total. The smallest absolute Gasteiger partial charge is 0.336 e. The zero-order valence-corrected chi connectivity index (χ0v) is 18.6. The molecule has 1 saturated carbocycles. The van der Waals surface area contributed by atoms with Crippen molar-refractivity contribution in [1.29, 1.82) is 0 Å². The highest BCUT2D eigenvalue weighted by molar-refractivity contribution is 6.35. The Balaban J connectivity index is 2.19. The number of ketones is 1. The molecule has 1 aliphatic heterocycles. The van der Waals surface area contributed by atoms with E-state index < -0.39 is 17.8 Å². The van der Waals surface area contributed by atoms with Crippen molar-refractivity contribution in [3.05, 3.63) is 45.1 Å². The van der Waals surface area contributed by atoms with Gasteiger partial charge in [-0.15, -0.1) is 0 Å². The molecule has 8 heteroatoms. The number of nitrogens with zero attached hydrogens (tertiary/aromatic N) is 1. The van der Waals surface area contributed by atoms with Crippen LogP contribution in [0.25, 0.3) is 0 Å². The number of fused-ring (bicyclic) bond motifs is 1. The molecule has 2 N–H and O–H groups in total. The third-order valence-electron chi connectivity index (χ3n) is 5.34. The third kappa shape index (κ3) is 4.78. The third-order valence-corrected chi connectivity index (χ3v) is 5.90. The van der Waals surface area contributed by atoms with E-state index in [9.17, 15) is 9.59 Å². The molecule has 1 heterocycles. The molecule has 0 spiro atoms. The van der Waals surface area contributed by atoms with Crippen LogP contribution in [0.3, 0.4) is 0 Å². The Morgan fingerprint density at radius 1 is 1.27 bits per heavy atom. The van der Waals surface area contributed by atoms with Crippen LogP contribution in [0.1, 0.15) is 38.2 Å². The fourth-order valence-corrected chi connectivity index (χ4v) is 4.72. The van der Waals surface area contributed by atoms with E-state index in [2.05, 4.69) is 0 Å². The molecule has 3 atom stereocenters. The number of aliphatic imine (C=N–C) groups is 1. The molecule has 0 aromatic heterocycles. The lowest BCUT2D eigenvalue weighted by molar-refractivity contribution is -0.139. The number of nitrogens with two attached hydrogens (primary N) is 1. The number of carbonyl (C=O) groups excluding carboxylic acids is 2. The van der Waals surface area contributed by atoms with Gasteiger partial charge in [0.15, 0.2) is 0 Å². The summed E-state index contributed by atoms with van der Waals surface area (Å²) in [5, 5.41) is 0.870. The van der Waals surface area contributed by atoms with Crippen molar-refractivity contribution in [1.82, 2.24) is 0 Å². The summed E-state index contributed by atoms with van der Waals surface area (Å²) in [4.78, 5) is 30.9. The van der Waals surface area contributed by atoms with Crippen LogP contribution < -0.4 is 5.73 Å². The Labute approximate surface area is 186 Å². The molecule has 0 bridgehead atoms. The molecular weight excluding hydrogens is 427 g/mol. The first-order valence-electron chi connectivity index (χ1n) is 10.1. The second kappa shape index (κ2) is 10.1. The number of hydrogen-bond acceptors (Lipinski definition) is 6. The zero-order chi connectivity index (χ0) is 21.8. The fourth-order valence-electron chi connectivity index (χ4n) is 4.19. The Kier molecular flexibility index (Phi) is 7.69. The van der Waals surface area contributed by atoms with Crippen molar-refractivity contribution in [2.45, 2.75) is 32.6 Å². The second-order valence-electron chi connectivity index (χ2n) is 7.63. The van der Waals surface area contributed by atoms with E-state index in [0.717, 1.165) is 5.71 Å². The number of ether oxygens (including phenoxy) is 2. The number of hydrogen-bond donors (Lipinski definition) is 1. The fraction of sp³-hybridized carbons (Fsp3) is 0.500. The first kappa shape index (κ1) is 22.9. The molecule has 2 aliphatic rings. The van der Waals surface area contributed by atoms with Crippen molar-refractivity contribution in [2.75, 3.05) is 26.4 Å². The van der Waals surface area contributed by atoms with Crippen molar-refractivity contribution in [3.8, 4) is 0 Å². The minimum Gasteiger partial charge on any atom is -0.463 e. The van der Waals surface area contributed by atoms with Crippen LogP contribution in [0, 0.1) is 11.8 Å². The molecule has 3 unspecified atom stereocenters. The molecule has 1 aromatic rings. The van der Waals surface area contributed by atoms with Crippen LogP contribution in [0.2, 0.25) is 10.0 Å². The molecule has 1 fully saturated rings. The largest absolute Gasteiger partial charge is 0.463 e. The Hall–Kier alpha value is -1.73. The SMILES string of the molecule is CCOC(=O)C1=C(COCCN)N=C2CC(C)CC(=O)C2C1c1ccc(Cl)cc1Cl. The number of esters is 1. The summed E-state index contributed by atoms with van der Waals surface area (Å²) in [7, 11) is 0. The first-order valence-corrected chi connectivity index (χ1v) is 10.9. The molecule has 1 aromatic carbocycles. The van der Waals surface area contributed by atoms with Crippen molar-refractivity contribution in [2.24, 2.45) is 22.6 Å². The Morgan fingerprint density at radius 3 is 2.70 bits per heavy atom. The predicted molar refractivity (Wildman–Crippen MR) is 117 cm³/mol. The summed E-state index contributed by atoms with van der Waals surface area (Å²) in [5.41, 5.74) is 7.73. The minimum absolute atomic E-state index is 0.0484.